The molecular weight excluding hydrogens is 402 g/mol. The Morgan fingerprint density at radius 1 is 1.30 bits per heavy atom. The highest BCUT2D eigenvalue weighted by Gasteiger charge is 2.34. The van der Waals surface area contributed by atoms with Gasteiger partial charge in [0.25, 0.3) is 11.8 Å². The maximum atomic E-state index is 13.5. The average molecular weight is 430 g/mol. The van der Waals surface area contributed by atoms with Crippen molar-refractivity contribution in [2.75, 3.05) is 10.6 Å². The lowest BCUT2D eigenvalue weighted by molar-refractivity contribution is -0.123. The molecule has 5 N–H and O–H groups in total. The first kappa shape index (κ1) is 21.8. The molecule has 1 unspecified atom stereocenters. The summed E-state index contributed by atoms with van der Waals surface area (Å²) in [5.41, 5.74) is 12.6. The van der Waals surface area contributed by atoms with Crippen molar-refractivity contribution < 1.29 is 14.4 Å². The number of nitrogens with one attached hydrogen (secondary N) is 1. The van der Waals surface area contributed by atoms with Crippen molar-refractivity contribution in [3.63, 3.8) is 0 Å². The van der Waals surface area contributed by atoms with Gasteiger partial charge in [0.1, 0.15) is 10.9 Å². The molecule has 1 aliphatic rings. The van der Waals surface area contributed by atoms with Crippen LogP contribution in [-0.2, 0) is 4.79 Å². The quantitative estimate of drug-likeness (QED) is 0.622. The third-order valence-corrected chi connectivity index (χ3v) is 6.21. The van der Waals surface area contributed by atoms with E-state index in [1.165, 1.54) is 4.90 Å². The Bertz CT molecular complexity index is 952. The smallest absolute Gasteiger partial charge is 0.272 e. The highest BCUT2D eigenvalue weighted by molar-refractivity contribution is 7.09. The molecule has 1 aromatic carbocycles. The van der Waals surface area contributed by atoms with Gasteiger partial charge >= 0.3 is 0 Å². The molecule has 3 rings (SSSR count). The van der Waals surface area contributed by atoms with Gasteiger partial charge in [-0.2, -0.15) is 4.37 Å². The van der Waals surface area contributed by atoms with Gasteiger partial charge in [-0.1, -0.05) is 31.9 Å². The maximum absolute atomic E-state index is 13.5. The summed E-state index contributed by atoms with van der Waals surface area (Å²) in [4.78, 5) is 39.8. The number of hydrogen-bond acceptors (Lipinski definition) is 6. The van der Waals surface area contributed by atoms with Crippen molar-refractivity contribution in [3.05, 3.63) is 40.4 Å². The lowest BCUT2D eigenvalue weighted by Crippen LogP contribution is -2.51. The van der Waals surface area contributed by atoms with Gasteiger partial charge in [0.05, 0.1) is 5.69 Å². The second-order valence-electron chi connectivity index (χ2n) is 7.57. The first-order valence-corrected chi connectivity index (χ1v) is 10.9. The van der Waals surface area contributed by atoms with Crippen molar-refractivity contribution in [1.29, 1.82) is 0 Å². The van der Waals surface area contributed by atoms with Crippen LogP contribution in [0.5, 0.6) is 0 Å². The van der Waals surface area contributed by atoms with Crippen LogP contribution in [0.25, 0.3) is 0 Å². The minimum absolute atomic E-state index is 0.0544. The number of nitrogens with two attached hydrogens (primary N) is 2. The Hall–Kier alpha value is -2.94. The van der Waals surface area contributed by atoms with E-state index < -0.39 is 17.9 Å². The van der Waals surface area contributed by atoms with Crippen LogP contribution in [0, 0.1) is 6.92 Å². The predicted octanol–water partition coefficient (Wildman–Crippen LogP) is 2.62. The van der Waals surface area contributed by atoms with Crippen molar-refractivity contribution in [3.8, 4) is 0 Å². The van der Waals surface area contributed by atoms with E-state index in [4.69, 9.17) is 11.5 Å². The second kappa shape index (κ2) is 9.25. The fraction of sp³-hybridized carbons (Fsp3) is 0.429. The standard InChI is InChI=1S/C21H27N5O3S/c1-3-15(20(28)24-13-8-4-5-9-13)26(14-10-6-7-12(2)11-14)21(29)18-16(22)17(19(23)27)25-30-18/h6-7,10-11,13,15H,3-5,8-9,22H2,1-2H3,(H2,23,27)(H,24,28). The number of nitrogen functional groups attached to an aromatic ring is 1. The number of rotatable bonds is 7. The number of anilines is 2. The van der Waals surface area contributed by atoms with E-state index in [-0.39, 0.29) is 28.2 Å². The molecule has 30 heavy (non-hydrogen) atoms. The Labute approximate surface area is 179 Å². The Balaban J connectivity index is 2.00. The number of nitrogens with zero attached hydrogens (tertiary/aromatic N) is 2. The summed E-state index contributed by atoms with van der Waals surface area (Å²) >= 11 is 0.814. The van der Waals surface area contributed by atoms with Gasteiger partial charge in [-0.25, -0.2) is 0 Å². The van der Waals surface area contributed by atoms with E-state index in [0.717, 1.165) is 42.8 Å². The number of carbonyl (C=O) groups excluding carboxylic acids is 3. The van der Waals surface area contributed by atoms with Crippen LogP contribution in [0.15, 0.2) is 24.3 Å². The number of primary amides is 1. The van der Waals surface area contributed by atoms with Crippen molar-refractivity contribution in [2.24, 2.45) is 5.73 Å². The SMILES string of the molecule is CCC(C(=O)NC1CCCC1)N(C(=O)c1snc(C(N)=O)c1N)c1cccc(C)c1. The maximum Gasteiger partial charge on any atom is 0.272 e. The summed E-state index contributed by atoms with van der Waals surface area (Å²) in [6.45, 7) is 3.78. The minimum atomic E-state index is -0.795. The van der Waals surface area contributed by atoms with Crippen LogP contribution in [0.4, 0.5) is 11.4 Å². The molecule has 0 saturated heterocycles. The van der Waals surface area contributed by atoms with E-state index in [0.29, 0.717) is 12.1 Å². The zero-order valence-corrected chi connectivity index (χ0v) is 18.0. The first-order valence-electron chi connectivity index (χ1n) is 10.1. The Morgan fingerprint density at radius 2 is 2.00 bits per heavy atom. The zero-order valence-electron chi connectivity index (χ0n) is 17.2. The highest BCUT2D eigenvalue weighted by Crippen LogP contribution is 2.29. The minimum Gasteiger partial charge on any atom is -0.395 e. The van der Waals surface area contributed by atoms with Gasteiger partial charge in [-0.15, -0.1) is 0 Å². The number of aryl methyl sites for hydroxylation is 1. The summed E-state index contributed by atoms with van der Waals surface area (Å²) in [5, 5.41) is 3.09. The molecule has 3 amide bonds. The lowest BCUT2D eigenvalue weighted by atomic mass is 10.1. The highest BCUT2D eigenvalue weighted by atomic mass is 32.1. The van der Waals surface area contributed by atoms with Crippen LogP contribution >= 0.6 is 11.5 Å². The molecule has 9 heteroatoms. The van der Waals surface area contributed by atoms with E-state index in [9.17, 15) is 14.4 Å². The molecule has 160 valence electrons. The molecule has 1 atom stereocenters. The molecule has 1 aromatic heterocycles. The molecule has 1 heterocycles. The number of benzene rings is 1. The third kappa shape index (κ3) is 4.46. The third-order valence-electron chi connectivity index (χ3n) is 5.36. The normalized spacial score (nSPS) is 15.0. The zero-order chi connectivity index (χ0) is 21.8. The summed E-state index contributed by atoms with van der Waals surface area (Å²) in [6.07, 6.45) is 4.50. The van der Waals surface area contributed by atoms with Crippen LogP contribution in [0.2, 0.25) is 0 Å². The number of carbonyl (C=O) groups is 3. The molecule has 8 nitrogen and oxygen atoms in total. The van der Waals surface area contributed by atoms with Gasteiger partial charge in [-0.3, -0.25) is 19.3 Å². The van der Waals surface area contributed by atoms with E-state index in [1.807, 2.05) is 32.0 Å². The van der Waals surface area contributed by atoms with Crippen molar-refractivity contribution in [1.82, 2.24) is 9.69 Å². The molecule has 1 saturated carbocycles. The van der Waals surface area contributed by atoms with Gasteiger partial charge in [0, 0.05) is 11.7 Å². The van der Waals surface area contributed by atoms with Crippen LogP contribution in [0.3, 0.4) is 0 Å². The molecule has 0 bridgehead atoms. The van der Waals surface area contributed by atoms with Gasteiger partial charge in [-0.05, 0) is 55.4 Å². The Morgan fingerprint density at radius 3 is 2.57 bits per heavy atom. The molecule has 1 fully saturated rings. The van der Waals surface area contributed by atoms with Crippen molar-refractivity contribution >= 4 is 40.6 Å². The largest absolute Gasteiger partial charge is 0.395 e. The summed E-state index contributed by atoms with van der Waals surface area (Å²) in [5.74, 6) is -1.47. The fourth-order valence-corrected chi connectivity index (χ4v) is 4.55. The second-order valence-corrected chi connectivity index (χ2v) is 8.34. The lowest BCUT2D eigenvalue weighted by Gasteiger charge is -2.31. The van der Waals surface area contributed by atoms with Gasteiger partial charge in [0.2, 0.25) is 5.91 Å². The van der Waals surface area contributed by atoms with Crippen LogP contribution in [-0.4, -0.2) is 34.2 Å². The first-order chi connectivity index (χ1) is 14.3. The monoisotopic (exact) mass is 429 g/mol. The molecular formula is C21H27N5O3S. The summed E-state index contributed by atoms with van der Waals surface area (Å²) in [7, 11) is 0. The van der Waals surface area contributed by atoms with E-state index >= 15 is 0 Å². The molecule has 0 aliphatic heterocycles. The Kier molecular flexibility index (Phi) is 6.71. The van der Waals surface area contributed by atoms with E-state index in [1.54, 1.807) is 6.07 Å². The summed E-state index contributed by atoms with van der Waals surface area (Å²) < 4.78 is 3.94. The number of hydrogen-bond donors (Lipinski definition) is 3. The molecule has 2 aromatic rings. The van der Waals surface area contributed by atoms with Crippen LogP contribution in [0.1, 0.15) is 64.8 Å². The fourth-order valence-electron chi connectivity index (χ4n) is 3.81. The molecule has 1 aliphatic carbocycles. The number of amides is 3. The van der Waals surface area contributed by atoms with Gasteiger partial charge in [0.15, 0.2) is 5.69 Å². The number of aromatic nitrogens is 1. The topological polar surface area (TPSA) is 131 Å². The predicted molar refractivity (Wildman–Crippen MR) is 118 cm³/mol. The van der Waals surface area contributed by atoms with Crippen molar-refractivity contribution in [2.45, 2.75) is 58.0 Å². The van der Waals surface area contributed by atoms with E-state index in [2.05, 4.69) is 9.69 Å². The van der Waals surface area contributed by atoms with Gasteiger partial charge < -0.3 is 16.8 Å². The average Bonchev–Trinajstić information content (AvgIpc) is 3.34. The molecule has 0 radical (unpaired) electrons. The summed E-state index contributed by atoms with van der Waals surface area (Å²) in [6, 6.07) is 6.78. The van der Waals surface area contributed by atoms with Crippen LogP contribution < -0.4 is 21.7 Å². The molecule has 0 spiro atoms.